The summed E-state index contributed by atoms with van der Waals surface area (Å²) < 4.78 is 6.94. The zero-order chi connectivity index (χ0) is 14.1. The van der Waals surface area contributed by atoms with Crippen LogP contribution in [0.5, 0.6) is 5.75 Å². The molecule has 0 fully saturated rings. The Morgan fingerprint density at radius 2 is 1.95 bits per heavy atom. The predicted octanol–water partition coefficient (Wildman–Crippen LogP) is 3.04. The predicted molar refractivity (Wildman–Crippen MR) is 79.7 cm³/mol. The van der Waals surface area contributed by atoms with E-state index in [4.69, 9.17) is 16.3 Å². The zero-order valence-electron chi connectivity index (χ0n) is 10.9. The number of H-pyrrole nitrogens is 1. The molecule has 0 amide bonds. The van der Waals surface area contributed by atoms with Crippen LogP contribution in [0.25, 0.3) is 11.0 Å². The van der Waals surface area contributed by atoms with E-state index in [2.05, 4.69) is 4.98 Å². The highest BCUT2D eigenvalue weighted by molar-refractivity contribution is 6.30. The summed E-state index contributed by atoms with van der Waals surface area (Å²) in [5.41, 5.74) is 2.40. The second-order valence-corrected chi connectivity index (χ2v) is 4.93. The van der Waals surface area contributed by atoms with Crippen molar-refractivity contribution < 1.29 is 4.74 Å². The number of ether oxygens (including phenoxy) is 1. The van der Waals surface area contributed by atoms with Gasteiger partial charge in [0.1, 0.15) is 11.3 Å². The minimum absolute atomic E-state index is 0.153. The third-order valence-electron chi connectivity index (χ3n) is 3.25. The first kappa shape index (κ1) is 12.8. The number of imidazole rings is 1. The van der Waals surface area contributed by atoms with Crippen LogP contribution in [0.3, 0.4) is 0 Å². The quantitative estimate of drug-likeness (QED) is 0.805. The van der Waals surface area contributed by atoms with Crippen molar-refractivity contribution in [2.45, 2.75) is 6.54 Å². The highest BCUT2D eigenvalue weighted by Gasteiger charge is 2.10. The van der Waals surface area contributed by atoms with Crippen LogP contribution in [0.4, 0.5) is 0 Å². The van der Waals surface area contributed by atoms with Gasteiger partial charge in [-0.1, -0.05) is 29.8 Å². The van der Waals surface area contributed by atoms with E-state index in [9.17, 15) is 4.79 Å². The Hall–Kier alpha value is -2.20. The van der Waals surface area contributed by atoms with E-state index in [1.54, 1.807) is 11.7 Å². The number of benzene rings is 2. The number of aromatic amines is 1. The average Bonchev–Trinajstić information content (AvgIpc) is 2.77. The van der Waals surface area contributed by atoms with Gasteiger partial charge in [0.15, 0.2) is 0 Å². The van der Waals surface area contributed by atoms with Crippen LogP contribution < -0.4 is 10.4 Å². The molecule has 0 aliphatic carbocycles. The molecule has 3 aromatic rings. The number of rotatable bonds is 3. The maximum Gasteiger partial charge on any atom is 0.326 e. The molecule has 102 valence electrons. The van der Waals surface area contributed by atoms with E-state index < -0.39 is 0 Å². The number of nitrogens with one attached hydrogen (secondary N) is 1. The second kappa shape index (κ2) is 5.06. The Labute approximate surface area is 120 Å². The summed E-state index contributed by atoms with van der Waals surface area (Å²) in [4.78, 5) is 14.9. The van der Waals surface area contributed by atoms with Gasteiger partial charge in [-0.15, -0.1) is 0 Å². The van der Waals surface area contributed by atoms with Gasteiger partial charge in [0.25, 0.3) is 0 Å². The minimum Gasteiger partial charge on any atom is -0.494 e. The number of fused-ring (bicyclic) bond motifs is 1. The summed E-state index contributed by atoms with van der Waals surface area (Å²) in [6.45, 7) is 0.489. The maximum atomic E-state index is 12.1. The van der Waals surface area contributed by atoms with Crippen molar-refractivity contribution >= 4 is 22.6 Å². The summed E-state index contributed by atoms with van der Waals surface area (Å²) in [5.74, 6) is 0.662. The van der Waals surface area contributed by atoms with Gasteiger partial charge in [0.05, 0.1) is 19.2 Å². The van der Waals surface area contributed by atoms with Crippen LogP contribution in [-0.2, 0) is 6.54 Å². The fraction of sp³-hybridized carbons (Fsp3) is 0.133. The van der Waals surface area contributed by atoms with Crippen molar-refractivity contribution in [2.24, 2.45) is 0 Å². The lowest BCUT2D eigenvalue weighted by Crippen LogP contribution is -2.17. The number of hydrogen-bond donors (Lipinski definition) is 1. The van der Waals surface area contributed by atoms with Crippen LogP contribution in [0.2, 0.25) is 5.02 Å². The Morgan fingerprint density at radius 1 is 1.20 bits per heavy atom. The lowest BCUT2D eigenvalue weighted by molar-refractivity contribution is 0.419. The molecule has 0 aliphatic heterocycles. The standard InChI is InChI=1S/C15H13ClN2O2/c1-20-13-4-2-3-12-14(13)17-15(19)18(12)9-10-5-7-11(16)8-6-10/h2-8H,9H2,1H3,(H,17,19). The highest BCUT2D eigenvalue weighted by Crippen LogP contribution is 2.22. The molecular formula is C15H13ClN2O2. The van der Waals surface area contributed by atoms with Crippen molar-refractivity contribution in [1.82, 2.24) is 9.55 Å². The molecule has 20 heavy (non-hydrogen) atoms. The largest absolute Gasteiger partial charge is 0.494 e. The van der Waals surface area contributed by atoms with Crippen molar-refractivity contribution in [2.75, 3.05) is 7.11 Å². The molecule has 0 atom stereocenters. The van der Waals surface area contributed by atoms with Crippen LogP contribution in [-0.4, -0.2) is 16.7 Å². The molecule has 5 heteroatoms. The first-order chi connectivity index (χ1) is 9.69. The number of para-hydroxylation sites is 1. The smallest absolute Gasteiger partial charge is 0.326 e. The number of halogens is 1. The monoisotopic (exact) mass is 288 g/mol. The van der Waals surface area contributed by atoms with Crippen molar-refractivity contribution in [3.8, 4) is 5.75 Å². The molecule has 0 unspecified atom stereocenters. The van der Waals surface area contributed by atoms with Gasteiger partial charge in [0.2, 0.25) is 0 Å². The van der Waals surface area contributed by atoms with Crippen molar-refractivity contribution in [1.29, 1.82) is 0 Å². The maximum absolute atomic E-state index is 12.1. The SMILES string of the molecule is COc1cccc2c1[nH]c(=O)n2Cc1ccc(Cl)cc1. The zero-order valence-corrected chi connectivity index (χ0v) is 11.6. The van der Waals surface area contributed by atoms with Gasteiger partial charge in [-0.2, -0.15) is 0 Å². The molecule has 1 heterocycles. The normalized spacial score (nSPS) is 10.9. The van der Waals surface area contributed by atoms with Gasteiger partial charge in [-0.05, 0) is 29.8 Å². The molecule has 1 N–H and O–H groups in total. The van der Waals surface area contributed by atoms with Crippen LogP contribution in [0, 0.1) is 0 Å². The van der Waals surface area contributed by atoms with Crippen molar-refractivity contribution in [3.05, 3.63) is 63.5 Å². The molecule has 0 bridgehead atoms. The Balaban J connectivity index is 2.10. The van der Waals surface area contributed by atoms with Gasteiger partial charge in [0, 0.05) is 5.02 Å². The first-order valence-electron chi connectivity index (χ1n) is 6.19. The van der Waals surface area contributed by atoms with E-state index in [0.717, 1.165) is 11.1 Å². The summed E-state index contributed by atoms with van der Waals surface area (Å²) in [7, 11) is 1.59. The van der Waals surface area contributed by atoms with E-state index in [0.29, 0.717) is 22.8 Å². The molecule has 0 spiro atoms. The lowest BCUT2D eigenvalue weighted by atomic mass is 10.2. The number of nitrogens with zero attached hydrogens (tertiary/aromatic N) is 1. The third-order valence-corrected chi connectivity index (χ3v) is 3.50. The summed E-state index contributed by atoms with van der Waals surface area (Å²) >= 11 is 5.87. The fourth-order valence-corrected chi connectivity index (χ4v) is 2.38. The Kier molecular flexibility index (Phi) is 3.24. The number of methoxy groups -OCH3 is 1. The van der Waals surface area contributed by atoms with Gasteiger partial charge in [-0.3, -0.25) is 4.57 Å². The van der Waals surface area contributed by atoms with E-state index >= 15 is 0 Å². The number of hydrogen-bond acceptors (Lipinski definition) is 2. The second-order valence-electron chi connectivity index (χ2n) is 4.50. The summed E-state index contributed by atoms with van der Waals surface area (Å²) in [5, 5.41) is 0.682. The molecule has 2 aromatic carbocycles. The highest BCUT2D eigenvalue weighted by atomic mass is 35.5. The fourth-order valence-electron chi connectivity index (χ4n) is 2.25. The van der Waals surface area contributed by atoms with E-state index in [1.165, 1.54) is 0 Å². The van der Waals surface area contributed by atoms with Gasteiger partial charge < -0.3 is 9.72 Å². The molecule has 0 saturated heterocycles. The average molecular weight is 289 g/mol. The molecule has 0 radical (unpaired) electrons. The van der Waals surface area contributed by atoms with Crippen molar-refractivity contribution in [3.63, 3.8) is 0 Å². The van der Waals surface area contributed by atoms with Gasteiger partial charge >= 0.3 is 5.69 Å². The van der Waals surface area contributed by atoms with E-state index in [-0.39, 0.29) is 5.69 Å². The molecule has 3 rings (SSSR count). The summed E-state index contributed by atoms with van der Waals surface area (Å²) in [6.07, 6.45) is 0. The molecule has 1 aromatic heterocycles. The molecular weight excluding hydrogens is 276 g/mol. The molecule has 4 nitrogen and oxygen atoms in total. The van der Waals surface area contributed by atoms with Crippen LogP contribution in [0.1, 0.15) is 5.56 Å². The van der Waals surface area contributed by atoms with Crippen LogP contribution >= 0.6 is 11.6 Å². The van der Waals surface area contributed by atoms with Gasteiger partial charge in [-0.25, -0.2) is 4.79 Å². The topological polar surface area (TPSA) is 47.0 Å². The molecule has 0 aliphatic rings. The molecule has 0 saturated carbocycles. The first-order valence-corrected chi connectivity index (χ1v) is 6.57. The van der Waals surface area contributed by atoms with E-state index in [1.807, 2.05) is 42.5 Å². The summed E-state index contributed by atoms with van der Waals surface area (Å²) in [6, 6.07) is 13.0. The Morgan fingerprint density at radius 3 is 2.65 bits per heavy atom. The Bertz CT molecular complexity index is 803. The van der Waals surface area contributed by atoms with Crippen LogP contribution in [0.15, 0.2) is 47.3 Å². The lowest BCUT2D eigenvalue weighted by Gasteiger charge is -2.05. The minimum atomic E-state index is -0.153. The number of aromatic nitrogens is 2. The third kappa shape index (κ3) is 2.18.